The number of aromatic nitrogens is 4. The van der Waals surface area contributed by atoms with Crippen LogP contribution in [0.15, 0.2) is 18.7 Å². The zero-order valence-corrected chi connectivity index (χ0v) is 14.5. The molecule has 0 radical (unpaired) electrons. The average molecular weight is 350 g/mol. The lowest BCUT2D eigenvalue weighted by Crippen LogP contribution is -2.58. The van der Waals surface area contributed by atoms with Crippen LogP contribution in [0.2, 0.25) is 0 Å². The Balaban J connectivity index is 1.54. The van der Waals surface area contributed by atoms with Crippen molar-refractivity contribution in [2.75, 3.05) is 24.6 Å². The molecule has 24 heavy (non-hydrogen) atoms. The molecule has 0 aliphatic carbocycles. The van der Waals surface area contributed by atoms with E-state index in [1.807, 2.05) is 6.92 Å². The van der Waals surface area contributed by atoms with Crippen LogP contribution in [-0.2, 0) is 22.9 Å². The molecule has 0 amide bonds. The van der Waals surface area contributed by atoms with Gasteiger partial charge < -0.3 is 9.97 Å². The first-order chi connectivity index (χ1) is 11.5. The smallest absolute Gasteiger partial charge is 0.153 e. The Labute approximate surface area is 141 Å². The fourth-order valence-corrected chi connectivity index (χ4v) is 5.85. The van der Waals surface area contributed by atoms with E-state index in [0.717, 1.165) is 30.3 Å². The SMILES string of the molecule is Cc1[nH]cnc1CN1CCN(Cc2ncc[nH]2)[C@@H]2CS(=O)(=O)C[C@@H]21. The minimum Gasteiger partial charge on any atom is -0.348 e. The third-order valence-electron chi connectivity index (χ3n) is 5.10. The van der Waals surface area contributed by atoms with E-state index in [2.05, 4.69) is 29.7 Å². The molecule has 0 bridgehead atoms. The van der Waals surface area contributed by atoms with Crippen molar-refractivity contribution in [1.29, 1.82) is 0 Å². The lowest BCUT2D eigenvalue weighted by Gasteiger charge is -2.43. The predicted molar refractivity (Wildman–Crippen MR) is 89.0 cm³/mol. The first-order valence-corrected chi connectivity index (χ1v) is 9.99. The molecule has 2 aromatic heterocycles. The van der Waals surface area contributed by atoms with Crippen LogP contribution in [0.5, 0.6) is 0 Å². The second kappa shape index (κ2) is 5.98. The maximum Gasteiger partial charge on any atom is 0.153 e. The molecule has 2 aliphatic heterocycles. The van der Waals surface area contributed by atoms with Gasteiger partial charge in [-0.1, -0.05) is 0 Å². The highest BCUT2D eigenvalue weighted by Crippen LogP contribution is 2.29. The topological polar surface area (TPSA) is 98.0 Å². The summed E-state index contributed by atoms with van der Waals surface area (Å²) in [6, 6.07) is 0.0444. The molecule has 2 aromatic rings. The number of hydrogen-bond donors (Lipinski definition) is 2. The van der Waals surface area contributed by atoms with Crippen molar-refractivity contribution in [3.05, 3.63) is 35.9 Å². The van der Waals surface area contributed by atoms with Gasteiger partial charge in [-0.05, 0) is 6.92 Å². The first kappa shape index (κ1) is 15.8. The fourth-order valence-electron chi connectivity index (χ4n) is 3.80. The number of rotatable bonds is 4. The van der Waals surface area contributed by atoms with Gasteiger partial charge in [-0.15, -0.1) is 0 Å². The third-order valence-corrected chi connectivity index (χ3v) is 6.80. The van der Waals surface area contributed by atoms with Gasteiger partial charge in [0.05, 0.1) is 30.1 Å². The van der Waals surface area contributed by atoms with E-state index >= 15 is 0 Å². The van der Waals surface area contributed by atoms with Gasteiger partial charge in [-0.25, -0.2) is 18.4 Å². The summed E-state index contributed by atoms with van der Waals surface area (Å²) in [4.78, 5) is 19.4. The van der Waals surface area contributed by atoms with Gasteiger partial charge in [0.25, 0.3) is 0 Å². The minimum absolute atomic E-state index is 0.0214. The van der Waals surface area contributed by atoms with E-state index in [1.165, 1.54) is 0 Å². The van der Waals surface area contributed by atoms with Crippen LogP contribution >= 0.6 is 0 Å². The summed E-state index contributed by atoms with van der Waals surface area (Å²) >= 11 is 0. The number of aromatic amines is 2. The number of nitrogens with zero attached hydrogens (tertiary/aromatic N) is 4. The second-order valence-electron chi connectivity index (χ2n) is 6.66. The molecule has 2 N–H and O–H groups in total. The number of piperazine rings is 1. The number of fused-ring (bicyclic) bond motifs is 1. The Kier molecular flexibility index (Phi) is 3.93. The fraction of sp³-hybridized carbons (Fsp3) is 0.600. The zero-order valence-electron chi connectivity index (χ0n) is 13.6. The summed E-state index contributed by atoms with van der Waals surface area (Å²) in [6.45, 7) is 5.03. The van der Waals surface area contributed by atoms with E-state index in [0.29, 0.717) is 13.1 Å². The zero-order chi connectivity index (χ0) is 16.7. The summed E-state index contributed by atoms with van der Waals surface area (Å²) in [7, 11) is -3.00. The summed E-state index contributed by atoms with van der Waals surface area (Å²) in [5.74, 6) is 1.35. The number of aryl methyl sites for hydroxylation is 1. The van der Waals surface area contributed by atoms with E-state index in [-0.39, 0.29) is 23.6 Å². The molecule has 4 heterocycles. The molecule has 2 saturated heterocycles. The van der Waals surface area contributed by atoms with E-state index in [9.17, 15) is 8.42 Å². The molecule has 2 atom stereocenters. The Bertz CT molecular complexity index is 800. The molecule has 0 aromatic carbocycles. The van der Waals surface area contributed by atoms with Crippen molar-refractivity contribution in [1.82, 2.24) is 29.7 Å². The Morgan fingerprint density at radius 3 is 2.42 bits per heavy atom. The molecular formula is C15H22N6O2S. The molecule has 8 nitrogen and oxygen atoms in total. The van der Waals surface area contributed by atoms with Gasteiger partial charge in [0.2, 0.25) is 0 Å². The third kappa shape index (κ3) is 2.99. The number of sulfone groups is 1. The molecule has 0 spiro atoms. The highest BCUT2D eigenvalue weighted by molar-refractivity contribution is 7.91. The Hall–Kier alpha value is -1.71. The molecule has 130 valence electrons. The second-order valence-corrected chi connectivity index (χ2v) is 8.82. The molecule has 9 heteroatoms. The molecule has 0 unspecified atom stereocenters. The van der Waals surface area contributed by atoms with Crippen LogP contribution in [-0.4, -0.2) is 74.8 Å². The van der Waals surface area contributed by atoms with Gasteiger partial charge in [-0.2, -0.15) is 0 Å². The summed E-state index contributed by atoms with van der Waals surface area (Å²) in [6.07, 6.45) is 5.23. The molecule has 0 saturated carbocycles. The van der Waals surface area contributed by atoms with Crippen LogP contribution < -0.4 is 0 Å². The van der Waals surface area contributed by atoms with E-state index < -0.39 is 9.84 Å². The summed E-state index contributed by atoms with van der Waals surface area (Å²) < 4.78 is 24.5. The predicted octanol–water partition coefficient (Wildman–Crippen LogP) is -0.0754. The lowest BCUT2D eigenvalue weighted by atomic mass is 10.0. The first-order valence-electron chi connectivity index (χ1n) is 8.17. The monoisotopic (exact) mass is 350 g/mol. The van der Waals surface area contributed by atoms with Crippen molar-refractivity contribution >= 4 is 9.84 Å². The van der Waals surface area contributed by atoms with Crippen LogP contribution in [0.4, 0.5) is 0 Å². The average Bonchev–Trinajstić information content (AvgIpc) is 3.23. The van der Waals surface area contributed by atoms with Gasteiger partial charge in [0.1, 0.15) is 5.82 Å². The van der Waals surface area contributed by atoms with Crippen molar-refractivity contribution in [2.24, 2.45) is 0 Å². The standard InChI is InChI=1S/C15H22N6O2S/c1-11-12(19-10-18-11)6-20-4-5-21(7-15-16-2-3-17-15)14-9-24(22,23)8-13(14)20/h2-3,10,13-14H,4-9H2,1H3,(H,16,17)(H,18,19)/t13-,14+/m0/s1. The normalized spacial score (nSPS) is 27.4. The van der Waals surface area contributed by atoms with Gasteiger partial charge >= 0.3 is 0 Å². The number of nitrogens with one attached hydrogen (secondary N) is 2. The minimum atomic E-state index is -3.00. The maximum absolute atomic E-state index is 12.3. The number of H-pyrrole nitrogens is 2. The van der Waals surface area contributed by atoms with Crippen molar-refractivity contribution in [3.8, 4) is 0 Å². The molecule has 2 aliphatic rings. The molecule has 4 rings (SSSR count). The van der Waals surface area contributed by atoms with Crippen molar-refractivity contribution in [3.63, 3.8) is 0 Å². The largest absolute Gasteiger partial charge is 0.348 e. The number of imidazole rings is 2. The van der Waals surface area contributed by atoms with Crippen LogP contribution in [0.1, 0.15) is 17.2 Å². The Morgan fingerprint density at radius 2 is 1.83 bits per heavy atom. The van der Waals surface area contributed by atoms with E-state index in [4.69, 9.17) is 0 Å². The lowest BCUT2D eigenvalue weighted by molar-refractivity contribution is 0.0334. The van der Waals surface area contributed by atoms with Crippen molar-refractivity contribution < 1.29 is 8.42 Å². The van der Waals surface area contributed by atoms with E-state index in [1.54, 1.807) is 18.7 Å². The van der Waals surface area contributed by atoms with Crippen molar-refractivity contribution in [2.45, 2.75) is 32.1 Å². The molecule has 2 fully saturated rings. The highest BCUT2D eigenvalue weighted by atomic mass is 32.2. The van der Waals surface area contributed by atoms with Crippen LogP contribution in [0.25, 0.3) is 0 Å². The number of hydrogen-bond acceptors (Lipinski definition) is 6. The summed E-state index contributed by atoms with van der Waals surface area (Å²) in [5.41, 5.74) is 2.04. The van der Waals surface area contributed by atoms with Gasteiger partial charge in [-0.3, -0.25) is 9.80 Å². The Morgan fingerprint density at radius 1 is 1.12 bits per heavy atom. The molecular weight excluding hydrogens is 328 g/mol. The highest BCUT2D eigenvalue weighted by Gasteiger charge is 2.46. The van der Waals surface area contributed by atoms with Gasteiger partial charge in [0, 0.05) is 49.8 Å². The van der Waals surface area contributed by atoms with Gasteiger partial charge in [0.15, 0.2) is 9.84 Å². The van der Waals surface area contributed by atoms with Crippen LogP contribution in [0, 0.1) is 6.92 Å². The quantitative estimate of drug-likeness (QED) is 0.801. The maximum atomic E-state index is 12.3. The van der Waals surface area contributed by atoms with Crippen LogP contribution in [0.3, 0.4) is 0 Å². The summed E-state index contributed by atoms with van der Waals surface area (Å²) in [5, 5.41) is 0.